The second-order valence-corrected chi connectivity index (χ2v) is 10.8. The predicted molar refractivity (Wildman–Crippen MR) is 135 cm³/mol. The van der Waals surface area contributed by atoms with Gasteiger partial charge in [-0.3, -0.25) is 0 Å². The van der Waals surface area contributed by atoms with E-state index in [0.29, 0.717) is 5.95 Å². The zero-order valence-electron chi connectivity index (χ0n) is 19.3. The standard InChI is InChI=1S/C25H28N6O2S/c1-29(2)34(32,33)23-13-6-19(7-14-23)24-15-12-22-18-26-25(28-31(22)24)27-20-8-10-21(11-9-20)30-16-4-3-5-17-30/h6-15,18H,3-5,16-17H2,1-2H3,(H,27,28). The van der Waals surface area contributed by atoms with Crippen LogP contribution in [-0.4, -0.2) is 54.5 Å². The maximum absolute atomic E-state index is 12.4. The molecule has 2 aromatic carbocycles. The van der Waals surface area contributed by atoms with Crippen LogP contribution in [0.4, 0.5) is 17.3 Å². The van der Waals surface area contributed by atoms with Gasteiger partial charge in [-0.2, -0.15) is 0 Å². The molecule has 0 bridgehead atoms. The number of anilines is 3. The molecule has 4 aromatic rings. The largest absolute Gasteiger partial charge is 0.372 e. The third kappa shape index (κ3) is 4.36. The third-order valence-corrected chi connectivity index (χ3v) is 8.00. The SMILES string of the molecule is CN(C)S(=O)(=O)c1ccc(-c2ccc3cnc(Nc4ccc(N5CCCCC5)cc4)nn23)cc1. The average molecular weight is 477 g/mol. The van der Waals surface area contributed by atoms with Gasteiger partial charge in [0, 0.05) is 44.1 Å². The van der Waals surface area contributed by atoms with E-state index in [9.17, 15) is 8.42 Å². The molecule has 0 amide bonds. The molecule has 0 radical (unpaired) electrons. The summed E-state index contributed by atoms with van der Waals surface area (Å²) in [5.74, 6) is 0.488. The molecular weight excluding hydrogens is 448 g/mol. The fourth-order valence-corrected chi connectivity index (χ4v) is 5.12. The summed E-state index contributed by atoms with van der Waals surface area (Å²) in [6.45, 7) is 2.23. The van der Waals surface area contributed by atoms with Crippen molar-refractivity contribution in [2.45, 2.75) is 24.2 Å². The highest BCUT2D eigenvalue weighted by Crippen LogP contribution is 2.26. The monoisotopic (exact) mass is 476 g/mol. The lowest BCUT2D eigenvalue weighted by Gasteiger charge is -2.28. The molecule has 1 N–H and O–H groups in total. The number of nitrogens with one attached hydrogen (secondary N) is 1. The van der Waals surface area contributed by atoms with Gasteiger partial charge in [0.25, 0.3) is 0 Å². The lowest BCUT2D eigenvalue weighted by molar-refractivity contribution is 0.521. The molecule has 1 aliphatic rings. The molecule has 1 fully saturated rings. The van der Waals surface area contributed by atoms with Crippen LogP contribution >= 0.6 is 0 Å². The van der Waals surface area contributed by atoms with Crippen LogP contribution in [0.15, 0.2) is 71.8 Å². The van der Waals surface area contributed by atoms with Gasteiger partial charge in [-0.25, -0.2) is 22.2 Å². The summed E-state index contributed by atoms with van der Waals surface area (Å²) in [6.07, 6.45) is 5.59. The fraction of sp³-hybridized carbons (Fsp3) is 0.280. The lowest BCUT2D eigenvalue weighted by atomic mass is 10.1. The van der Waals surface area contributed by atoms with Crippen molar-refractivity contribution < 1.29 is 8.42 Å². The number of benzene rings is 2. The first-order valence-corrected chi connectivity index (χ1v) is 12.9. The van der Waals surface area contributed by atoms with Crippen LogP contribution in [0.5, 0.6) is 0 Å². The topological polar surface area (TPSA) is 82.8 Å². The van der Waals surface area contributed by atoms with E-state index in [0.717, 1.165) is 35.6 Å². The van der Waals surface area contributed by atoms with Crippen molar-refractivity contribution in [1.29, 1.82) is 0 Å². The van der Waals surface area contributed by atoms with E-state index < -0.39 is 10.0 Å². The van der Waals surface area contributed by atoms with Crippen molar-refractivity contribution in [3.63, 3.8) is 0 Å². The summed E-state index contributed by atoms with van der Waals surface area (Å²) in [6, 6.07) is 19.1. The first-order valence-electron chi connectivity index (χ1n) is 11.4. The minimum atomic E-state index is -3.47. The molecule has 0 atom stereocenters. The number of hydrogen-bond acceptors (Lipinski definition) is 6. The highest BCUT2D eigenvalue weighted by Gasteiger charge is 2.17. The highest BCUT2D eigenvalue weighted by atomic mass is 32.2. The maximum atomic E-state index is 12.4. The molecule has 8 nitrogen and oxygen atoms in total. The molecule has 0 saturated carbocycles. The van der Waals surface area contributed by atoms with Crippen molar-refractivity contribution in [2.75, 3.05) is 37.4 Å². The Morgan fingerprint density at radius 1 is 0.882 bits per heavy atom. The molecule has 2 aromatic heterocycles. The van der Waals surface area contributed by atoms with Crippen LogP contribution in [-0.2, 0) is 10.0 Å². The van der Waals surface area contributed by atoms with E-state index >= 15 is 0 Å². The van der Waals surface area contributed by atoms with Crippen LogP contribution in [0.3, 0.4) is 0 Å². The van der Waals surface area contributed by atoms with Gasteiger partial charge >= 0.3 is 0 Å². The Morgan fingerprint density at radius 2 is 1.59 bits per heavy atom. The number of piperidine rings is 1. The molecule has 5 rings (SSSR count). The Labute approximate surface area is 199 Å². The summed E-state index contributed by atoms with van der Waals surface area (Å²) in [4.78, 5) is 7.13. The van der Waals surface area contributed by atoms with Gasteiger partial charge in [0.2, 0.25) is 16.0 Å². The third-order valence-electron chi connectivity index (χ3n) is 6.17. The Balaban J connectivity index is 1.38. The molecular formula is C25H28N6O2S. The van der Waals surface area contributed by atoms with Gasteiger partial charge in [-0.05, 0) is 67.8 Å². The summed E-state index contributed by atoms with van der Waals surface area (Å²) < 4.78 is 27.7. The van der Waals surface area contributed by atoms with Crippen LogP contribution < -0.4 is 10.2 Å². The van der Waals surface area contributed by atoms with E-state index in [2.05, 4.69) is 44.6 Å². The van der Waals surface area contributed by atoms with Crippen molar-refractivity contribution in [2.24, 2.45) is 0 Å². The molecule has 1 saturated heterocycles. The zero-order chi connectivity index (χ0) is 23.7. The number of hydrogen-bond donors (Lipinski definition) is 1. The van der Waals surface area contributed by atoms with E-state index in [1.54, 1.807) is 30.5 Å². The van der Waals surface area contributed by atoms with Gasteiger partial charge in [-0.15, -0.1) is 5.10 Å². The van der Waals surface area contributed by atoms with Gasteiger partial charge < -0.3 is 10.2 Å². The number of rotatable bonds is 6. The quantitative estimate of drug-likeness (QED) is 0.445. The molecule has 0 spiro atoms. The molecule has 1 aliphatic heterocycles. The second-order valence-electron chi connectivity index (χ2n) is 8.67. The zero-order valence-corrected chi connectivity index (χ0v) is 20.2. The Bertz CT molecular complexity index is 1390. The van der Waals surface area contributed by atoms with Gasteiger partial charge in [0.1, 0.15) is 0 Å². The smallest absolute Gasteiger partial charge is 0.245 e. The fourth-order valence-electron chi connectivity index (χ4n) is 4.22. The van der Waals surface area contributed by atoms with Gasteiger partial charge in [0.05, 0.1) is 22.3 Å². The van der Waals surface area contributed by atoms with Crippen LogP contribution in [0.25, 0.3) is 16.8 Å². The predicted octanol–water partition coefficient (Wildman–Crippen LogP) is 4.38. The van der Waals surface area contributed by atoms with Gasteiger partial charge in [-0.1, -0.05) is 12.1 Å². The van der Waals surface area contributed by atoms with Crippen molar-refractivity contribution in [3.05, 3.63) is 66.9 Å². The van der Waals surface area contributed by atoms with E-state index in [-0.39, 0.29) is 4.90 Å². The Morgan fingerprint density at radius 3 is 2.26 bits per heavy atom. The van der Waals surface area contributed by atoms with E-state index in [4.69, 9.17) is 0 Å². The Kier molecular flexibility index (Phi) is 5.97. The first kappa shape index (κ1) is 22.4. The maximum Gasteiger partial charge on any atom is 0.245 e. The minimum Gasteiger partial charge on any atom is -0.372 e. The molecule has 0 unspecified atom stereocenters. The van der Waals surface area contributed by atoms with Crippen LogP contribution in [0, 0.1) is 0 Å². The molecule has 9 heteroatoms. The number of sulfonamides is 1. The lowest BCUT2D eigenvalue weighted by Crippen LogP contribution is -2.29. The molecule has 34 heavy (non-hydrogen) atoms. The van der Waals surface area contributed by atoms with Crippen molar-refractivity contribution in [3.8, 4) is 11.3 Å². The summed E-state index contributed by atoms with van der Waals surface area (Å²) >= 11 is 0. The molecule has 0 aliphatic carbocycles. The molecule has 176 valence electrons. The first-order chi connectivity index (χ1) is 16.4. The highest BCUT2D eigenvalue weighted by molar-refractivity contribution is 7.89. The molecule has 3 heterocycles. The Hall–Kier alpha value is -3.43. The van der Waals surface area contributed by atoms with Crippen LogP contribution in [0.2, 0.25) is 0 Å². The summed E-state index contributed by atoms with van der Waals surface area (Å²) in [5, 5.41) is 7.97. The average Bonchev–Trinajstić information content (AvgIpc) is 3.28. The normalized spacial score (nSPS) is 14.6. The van der Waals surface area contributed by atoms with E-state index in [1.165, 1.54) is 43.4 Å². The minimum absolute atomic E-state index is 0.257. The number of fused-ring (bicyclic) bond motifs is 1. The van der Waals surface area contributed by atoms with Crippen molar-refractivity contribution in [1.82, 2.24) is 18.9 Å². The van der Waals surface area contributed by atoms with Gasteiger partial charge in [0.15, 0.2) is 0 Å². The van der Waals surface area contributed by atoms with Crippen molar-refractivity contribution >= 4 is 32.9 Å². The summed E-state index contributed by atoms with van der Waals surface area (Å²) in [7, 11) is -0.420. The van der Waals surface area contributed by atoms with E-state index in [1.807, 2.05) is 16.6 Å². The summed E-state index contributed by atoms with van der Waals surface area (Å²) in [5.41, 5.74) is 4.75. The number of aromatic nitrogens is 3. The van der Waals surface area contributed by atoms with Crippen LogP contribution in [0.1, 0.15) is 19.3 Å². The second kappa shape index (κ2) is 9.08. The number of nitrogens with zero attached hydrogens (tertiary/aromatic N) is 5.